The Morgan fingerprint density at radius 1 is 0.762 bits per heavy atom. The van der Waals surface area contributed by atoms with Gasteiger partial charge in [0.25, 0.3) is 0 Å². The summed E-state index contributed by atoms with van der Waals surface area (Å²) in [5, 5.41) is 0. The van der Waals surface area contributed by atoms with E-state index in [1.54, 1.807) is 27.4 Å². The Balaban J connectivity index is 2.28. The summed E-state index contributed by atoms with van der Waals surface area (Å²) in [7, 11) is 4.88. The van der Waals surface area contributed by atoms with Crippen molar-refractivity contribution in [2.45, 2.75) is 0 Å². The first kappa shape index (κ1) is 14.8. The van der Waals surface area contributed by atoms with Crippen molar-refractivity contribution in [1.29, 1.82) is 0 Å². The summed E-state index contributed by atoms with van der Waals surface area (Å²) in [6, 6.07) is 11.3. The molecule has 0 heterocycles. The minimum atomic E-state index is 0.667. The molecule has 0 amide bonds. The molecule has 2 N–H and O–H groups in total. The average Bonchev–Trinajstić information content (AvgIpc) is 2.53. The van der Waals surface area contributed by atoms with E-state index in [0.717, 1.165) is 28.4 Å². The molecule has 21 heavy (non-hydrogen) atoms. The second-order valence-electron chi connectivity index (χ2n) is 4.47. The van der Waals surface area contributed by atoms with Gasteiger partial charge in [0.1, 0.15) is 17.2 Å². The van der Waals surface area contributed by atoms with Crippen LogP contribution in [0.3, 0.4) is 0 Å². The zero-order valence-electron chi connectivity index (χ0n) is 12.4. The number of nitrogens with two attached hydrogens (primary N) is 1. The van der Waals surface area contributed by atoms with Crippen LogP contribution in [0.25, 0.3) is 12.2 Å². The number of rotatable bonds is 5. The van der Waals surface area contributed by atoms with Crippen LogP contribution in [0.4, 0.5) is 5.69 Å². The van der Waals surface area contributed by atoms with Crippen molar-refractivity contribution in [2.75, 3.05) is 27.1 Å². The third-order valence-electron chi connectivity index (χ3n) is 3.12. The molecule has 4 heteroatoms. The van der Waals surface area contributed by atoms with E-state index in [4.69, 9.17) is 19.9 Å². The Morgan fingerprint density at radius 2 is 1.38 bits per heavy atom. The zero-order chi connectivity index (χ0) is 15.2. The van der Waals surface area contributed by atoms with E-state index in [-0.39, 0.29) is 0 Å². The fourth-order valence-electron chi connectivity index (χ4n) is 1.94. The molecule has 0 atom stereocenters. The Hall–Kier alpha value is -2.62. The number of ether oxygens (including phenoxy) is 3. The SMILES string of the molecule is COc1cc(/C=C\c2ccc(OC)cc2N)cc(OC)c1. The highest BCUT2D eigenvalue weighted by atomic mass is 16.5. The van der Waals surface area contributed by atoms with Gasteiger partial charge in [0.2, 0.25) is 0 Å². The first-order chi connectivity index (χ1) is 10.2. The zero-order valence-corrected chi connectivity index (χ0v) is 12.4. The minimum absolute atomic E-state index is 0.667. The van der Waals surface area contributed by atoms with Gasteiger partial charge in [0.05, 0.1) is 21.3 Å². The van der Waals surface area contributed by atoms with Crippen molar-refractivity contribution in [3.63, 3.8) is 0 Å². The van der Waals surface area contributed by atoms with E-state index in [0.29, 0.717) is 5.69 Å². The number of benzene rings is 2. The molecule has 0 bridgehead atoms. The van der Waals surface area contributed by atoms with Crippen molar-refractivity contribution in [2.24, 2.45) is 0 Å². The molecule has 0 fully saturated rings. The van der Waals surface area contributed by atoms with Gasteiger partial charge in [-0.2, -0.15) is 0 Å². The topological polar surface area (TPSA) is 53.7 Å². The van der Waals surface area contributed by atoms with Crippen LogP contribution in [0.1, 0.15) is 11.1 Å². The summed E-state index contributed by atoms with van der Waals surface area (Å²) in [6.45, 7) is 0. The molecule has 0 aliphatic carbocycles. The van der Waals surface area contributed by atoms with Crippen LogP contribution in [0.15, 0.2) is 36.4 Å². The normalized spacial score (nSPS) is 10.6. The molecule has 0 saturated heterocycles. The summed E-state index contributed by atoms with van der Waals surface area (Å²) >= 11 is 0. The lowest BCUT2D eigenvalue weighted by Crippen LogP contribution is -1.91. The van der Waals surface area contributed by atoms with Crippen LogP contribution < -0.4 is 19.9 Å². The van der Waals surface area contributed by atoms with E-state index in [9.17, 15) is 0 Å². The van der Waals surface area contributed by atoms with E-state index in [1.807, 2.05) is 42.5 Å². The molecule has 110 valence electrons. The maximum atomic E-state index is 5.99. The summed E-state index contributed by atoms with van der Waals surface area (Å²) in [5.41, 5.74) is 8.56. The lowest BCUT2D eigenvalue weighted by Gasteiger charge is -2.06. The van der Waals surface area contributed by atoms with Crippen LogP contribution >= 0.6 is 0 Å². The number of nitrogen functional groups attached to an aromatic ring is 1. The van der Waals surface area contributed by atoms with Gasteiger partial charge in [-0.25, -0.2) is 0 Å². The summed E-state index contributed by atoms with van der Waals surface area (Å²) in [5.74, 6) is 2.24. The van der Waals surface area contributed by atoms with Crippen molar-refractivity contribution < 1.29 is 14.2 Å². The van der Waals surface area contributed by atoms with Crippen LogP contribution in [0.5, 0.6) is 17.2 Å². The van der Waals surface area contributed by atoms with Crippen molar-refractivity contribution in [3.05, 3.63) is 47.5 Å². The molecule has 0 unspecified atom stereocenters. The third-order valence-corrected chi connectivity index (χ3v) is 3.12. The summed E-state index contributed by atoms with van der Waals surface area (Å²) < 4.78 is 15.6. The molecule has 0 aliphatic heterocycles. The average molecular weight is 285 g/mol. The number of anilines is 1. The molecule has 0 radical (unpaired) electrons. The fraction of sp³-hybridized carbons (Fsp3) is 0.176. The second-order valence-corrected chi connectivity index (χ2v) is 4.47. The molecule has 0 aromatic heterocycles. The quantitative estimate of drug-likeness (QED) is 0.675. The predicted molar refractivity (Wildman–Crippen MR) is 85.9 cm³/mol. The molecule has 0 spiro atoms. The monoisotopic (exact) mass is 285 g/mol. The smallest absolute Gasteiger partial charge is 0.123 e. The highest BCUT2D eigenvalue weighted by Gasteiger charge is 2.01. The van der Waals surface area contributed by atoms with Crippen molar-refractivity contribution in [3.8, 4) is 17.2 Å². The lowest BCUT2D eigenvalue weighted by atomic mass is 10.1. The number of methoxy groups -OCH3 is 3. The van der Waals surface area contributed by atoms with E-state index in [2.05, 4.69) is 0 Å². The number of hydrogen-bond acceptors (Lipinski definition) is 4. The fourth-order valence-corrected chi connectivity index (χ4v) is 1.94. The molecule has 0 aliphatic rings. The Bertz CT molecular complexity index is 628. The van der Waals surface area contributed by atoms with Gasteiger partial charge in [-0.1, -0.05) is 12.2 Å². The predicted octanol–water partition coefficient (Wildman–Crippen LogP) is 3.47. The molecule has 2 rings (SSSR count). The molecule has 0 saturated carbocycles. The van der Waals surface area contributed by atoms with Gasteiger partial charge in [-0.3, -0.25) is 0 Å². The Morgan fingerprint density at radius 3 is 1.90 bits per heavy atom. The summed E-state index contributed by atoms with van der Waals surface area (Å²) in [4.78, 5) is 0. The maximum absolute atomic E-state index is 5.99. The first-order valence-corrected chi connectivity index (χ1v) is 6.51. The third kappa shape index (κ3) is 3.69. The Kier molecular flexibility index (Phi) is 4.72. The van der Waals surface area contributed by atoms with E-state index >= 15 is 0 Å². The van der Waals surface area contributed by atoms with Crippen LogP contribution in [-0.4, -0.2) is 21.3 Å². The lowest BCUT2D eigenvalue weighted by molar-refractivity contribution is 0.394. The maximum Gasteiger partial charge on any atom is 0.123 e. The van der Waals surface area contributed by atoms with Gasteiger partial charge in [0.15, 0.2) is 0 Å². The molecular weight excluding hydrogens is 266 g/mol. The summed E-state index contributed by atoms with van der Waals surface area (Å²) in [6.07, 6.45) is 3.91. The van der Waals surface area contributed by atoms with Crippen molar-refractivity contribution >= 4 is 17.8 Å². The molecule has 2 aromatic carbocycles. The standard InChI is InChI=1S/C17H19NO3/c1-19-14-7-6-13(17(18)11-14)5-4-12-8-15(20-2)10-16(9-12)21-3/h4-11H,18H2,1-3H3/b5-4-. The molecular formula is C17H19NO3. The highest BCUT2D eigenvalue weighted by Crippen LogP contribution is 2.25. The van der Waals surface area contributed by atoms with Crippen LogP contribution in [-0.2, 0) is 0 Å². The number of hydrogen-bond donors (Lipinski definition) is 1. The van der Waals surface area contributed by atoms with Gasteiger partial charge < -0.3 is 19.9 Å². The van der Waals surface area contributed by atoms with E-state index < -0.39 is 0 Å². The van der Waals surface area contributed by atoms with Gasteiger partial charge in [-0.15, -0.1) is 0 Å². The largest absolute Gasteiger partial charge is 0.497 e. The minimum Gasteiger partial charge on any atom is -0.497 e. The highest BCUT2D eigenvalue weighted by molar-refractivity contribution is 5.77. The molecule has 2 aromatic rings. The van der Waals surface area contributed by atoms with E-state index in [1.165, 1.54) is 0 Å². The first-order valence-electron chi connectivity index (χ1n) is 6.51. The van der Waals surface area contributed by atoms with Gasteiger partial charge in [-0.05, 0) is 35.4 Å². The van der Waals surface area contributed by atoms with Crippen molar-refractivity contribution in [1.82, 2.24) is 0 Å². The Labute approximate surface area is 124 Å². The van der Waals surface area contributed by atoms with Gasteiger partial charge >= 0.3 is 0 Å². The second kappa shape index (κ2) is 6.70. The van der Waals surface area contributed by atoms with Crippen LogP contribution in [0.2, 0.25) is 0 Å². The molecule has 4 nitrogen and oxygen atoms in total. The van der Waals surface area contributed by atoms with Crippen LogP contribution in [0, 0.1) is 0 Å². The van der Waals surface area contributed by atoms with Gasteiger partial charge in [0, 0.05) is 17.8 Å².